The van der Waals surface area contributed by atoms with Crippen LogP contribution in [0.25, 0.3) is 0 Å². The van der Waals surface area contributed by atoms with Gasteiger partial charge in [-0.15, -0.1) is 0 Å². The van der Waals surface area contributed by atoms with Crippen LogP contribution in [0.3, 0.4) is 0 Å². The summed E-state index contributed by atoms with van der Waals surface area (Å²) in [5.74, 6) is 0. The van der Waals surface area contributed by atoms with Crippen LogP contribution >= 0.6 is 11.1 Å². The third kappa shape index (κ3) is 2.23. The Balaban J connectivity index is 2.46. The standard InChI is InChI=1S/C6H13ClO2Si/c1-6(2)4-8-10(3,7)9-5-6/h4-5H2,1-3H3. The van der Waals surface area contributed by atoms with E-state index in [1.54, 1.807) is 0 Å². The Morgan fingerprint density at radius 1 is 1.30 bits per heavy atom. The van der Waals surface area contributed by atoms with Gasteiger partial charge >= 0.3 is 7.87 Å². The topological polar surface area (TPSA) is 18.5 Å². The van der Waals surface area contributed by atoms with Crippen molar-refractivity contribution in [3.63, 3.8) is 0 Å². The Hall–Kier alpha value is 0.427. The van der Waals surface area contributed by atoms with Crippen LogP contribution in [0.2, 0.25) is 6.55 Å². The van der Waals surface area contributed by atoms with Gasteiger partial charge in [-0.25, -0.2) is 0 Å². The molecule has 1 heterocycles. The zero-order valence-corrected chi connectivity index (χ0v) is 8.36. The van der Waals surface area contributed by atoms with E-state index in [1.807, 2.05) is 6.55 Å². The average Bonchev–Trinajstić information content (AvgIpc) is 1.79. The molecule has 0 aromatic heterocycles. The molecule has 0 amide bonds. The summed E-state index contributed by atoms with van der Waals surface area (Å²) in [6, 6.07) is 0. The van der Waals surface area contributed by atoms with E-state index in [-0.39, 0.29) is 5.41 Å². The third-order valence-electron chi connectivity index (χ3n) is 1.44. The molecular formula is C6H13ClO2Si. The maximum atomic E-state index is 5.89. The molecule has 1 aliphatic heterocycles. The lowest BCUT2D eigenvalue weighted by atomic mass is 9.97. The second-order valence-corrected chi connectivity index (χ2v) is 7.88. The van der Waals surface area contributed by atoms with Gasteiger partial charge in [0, 0.05) is 18.6 Å². The van der Waals surface area contributed by atoms with Gasteiger partial charge in [0.2, 0.25) is 0 Å². The smallest absolute Gasteiger partial charge is 0.383 e. The predicted molar refractivity (Wildman–Crippen MR) is 43.2 cm³/mol. The van der Waals surface area contributed by atoms with Gasteiger partial charge in [0.1, 0.15) is 0 Å². The Morgan fingerprint density at radius 2 is 1.70 bits per heavy atom. The van der Waals surface area contributed by atoms with Crippen molar-refractivity contribution in [2.75, 3.05) is 13.2 Å². The molecule has 10 heavy (non-hydrogen) atoms. The molecule has 0 spiro atoms. The van der Waals surface area contributed by atoms with Crippen molar-refractivity contribution in [1.82, 2.24) is 0 Å². The maximum absolute atomic E-state index is 5.89. The SMILES string of the molecule is CC1(C)CO[Si](C)(Cl)OC1. The summed E-state index contributed by atoms with van der Waals surface area (Å²) in [4.78, 5) is 0. The van der Waals surface area contributed by atoms with E-state index in [0.717, 1.165) is 13.2 Å². The Labute approximate surface area is 67.4 Å². The first-order valence-corrected chi connectivity index (χ1v) is 6.71. The number of hydrogen-bond acceptors (Lipinski definition) is 2. The van der Waals surface area contributed by atoms with Crippen molar-refractivity contribution in [1.29, 1.82) is 0 Å². The summed E-state index contributed by atoms with van der Waals surface area (Å²) < 4.78 is 10.7. The first-order chi connectivity index (χ1) is 4.41. The first-order valence-electron chi connectivity index (χ1n) is 3.38. The van der Waals surface area contributed by atoms with Crippen LogP contribution in [-0.4, -0.2) is 21.1 Å². The fraction of sp³-hybridized carbons (Fsp3) is 1.00. The second-order valence-electron chi connectivity index (χ2n) is 3.58. The molecule has 0 aromatic carbocycles. The molecular weight excluding hydrogens is 168 g/mol. The molecule has 0 unspecified atom stereocenters. The summed E-state index contributed by atoms with van der Waals surface area (Å²) in [5.41, 5.74) is 0.140. The van der Waals surface area contributed by atoms with E-state index in [0.29, 0.717) is 0 Å². The molecule has 60 valence electrons. The monoisotopic (exact) mass is 180 g/mol. The minimum Gasteiger partial charge on any atom is -0.383 e. The van der Waals surface area contributed by atoms with E-state index in [9.17, 15) is 0 Å². The van der Waals surface area contributed by atoms with Crippen LogP contribution < -0.4 is 0 Å². The number of hydrogen-bond donors (Lipinski definition) is 0. The van der Waals surface area contributed by atoms with Crippen LogP contribution in [0.1, 0.15) is 13.8 Å². The van der Waals surface area contributed by atoms with E-state index < -0.39 is 7.87 Å². The van der Waals surface area contributed by atoms with Crippen molar-refractivity contribution in [3.05, 3.63) is 0 Å². The molecule has 0 radical (unpaired) electrons. The molecule has 0 N–H and O–H groups in total. The Bertz CT molecular complexity index is 108. The van der Waals surface area contributed by atoms with Gasteiger partial charge in [-0.1, -0.05) is 24.9 Å². The summed E-state index contributed by atoms with van der Waals surface area (Å²) in [5, 5.41) is 0. The van der Waals surface area contributed by atoms with E-state index >= 15 is 0 Å². The zero-order valence-electron chi connectivity index (χ0n) is 6.61. The van der Waals surface area contributed by atoms with Gasteiger partial charge in [-0.05, 0) is 6.55 Å². The summed E-state index contributed by atoms with van der Waals surface area (Å²) >= 11 is 5.89. The van der Waals surface area contributed by atoms with Gasteiger partial charge in [0.15, 0.2) is 0 Å². The Morgan fingerprint density at radius 3 is 2.00 bits per heavy atom. The molecule has 1 fully saturated rings. The Kier molecular flexibility index (Phi) is 2.11. The normalized spacial score (nSPS) is 30.0. The fourth-order valence-electron chi connectivity index (χ4n) is 0.732. The molecule has 0 atom stereocenters. The molecule has 1 aliphatic rings. The lowest BCUT2D eigenvalue weighted by Crippen LogP contribution is -2.45. The van der Waals surface area contributed by atoms with Crippen molar-refractivity contribution < 1.29 is 8.85 Å². The molecule has 2 nitrogen and oxygen atoms in total. The van der Waals surface area contributed by atoms with Gasteiger partial charge in [0.05, 0.1) is 0 Å². The molecule has 1 rings (SSSR count). The molecule has 1 saturated heterocycles. The lowest BCUT2D eigenvalue weighted by molar-refractivity contribution is 0.0250. The minimum absolute atomic E-state index is 0.140. The predicted octanol–water partition coefficient (Wildman–Crippen LogP) is 1.87. The number of rotatable bonds is 0. The highest BCUT2D eigenvalue weighted by molar-refractivity contribution is 7.12. The van der Waals surface area contributed by atoms with Crippen LogP contribution in [0.15, 0.2) is 0 Å². The largest absolute Gasteiger partial charge is 0.439 e. The fourth-order valence-corrected chi connectivity index (χ4v) is 2.44. The van der Waals surface area contributed by atoms with E-state index in [4.69, 9.17) is 19.9 Å². The third-order valence-corrected chi connectivity index (χ3v) is 3.42. The zero-order chi connectivity index (χ0) is 7.83. The molecule has 4 heteroatoms. The lowest BCUT2D eigenvalue weighted by Gasteiger charge is -2.36. The molecule has 0 bridgehead atoms. The van der Waals surface area contributed by atoms with E-state index in [1.165, 1.54) is 0 Å². The van der Waals surface area contributed by atoms with Crippen molar-refractivity contribution >= 4 is 18.9 Å². The van der Waals surface area contributed by atoms with Crippen LogP contribution in [0.4, 0.5) is 0 Å². The van der Waals surface area contributed by atoms with Gasteiger partial charge in [-0.3, -0.25) is 0 Å². The second kappa shape index (κ2) is 2.48. The average molecular weight is 181 g/mol. The molecule has 0 saturated carbocycles. The van der Waals surface area contributed by atoms with Gasteiger partial charge in [-0.2, -0.15) is 0 Å². The quantitative estimate of drug-likeness (QED) is 0.419. The van der Waals surface area contributed by atoms with Crippen LogP contribution in [-0.2, 0) is 8.85 Å². The highest BCUT2D eigenvalue weighted by Crippen LogP contribution is 2.28. The van der Waals surface area contributed by atoms with E-state index in [2.05, 4.69) is 13.8 Å². The summed E-state index contributed by atoms with van der Waals surface area (Å²) in [6.45, 7) is 7.50. The first kappa shape index (κ1) is 8.52. The highest BCUT2D eigenvalue weighted by atomic mass is 35.6. The summed E-state index contributed by atoms with van der Waals surface area (Å²) in [6.07, 6.45) is 0. The van der Waals surface area contributed by atoms with Crippen molar-refractivity contribution in [2.45, 2.75) is 20.4 Å². The van der Waals surface area contributed by atoms with Gasteiger partial charge < -0.3 is 8.85 Å². The minimum atomic E-state index is -2.21. The molecule has 0 aromatic rings. The van der Waals surface area contributed by atoms with Gasteiger partial charge in [0.25, 0.3) is 0 Å². The maximum Gasteiger partial charge on any atom is 0.439 e. The van der Waals surface area contributed by atoms with Crippen molar-refractivity contribution in [2.24, 2.45) is 5.41 Å². The molecule has 0 aliphatic carbocycles. The van der Waals surface area contributed by atoms with Crippen molar-refractivity contribution in [3.8, 4) is 0 Å². The number of halogens is 1. The van der Waals surface area contributed by atoms with Crippen LogP contribution in [0.5, 0.6) is 0 Å². The van der Waals surface area contributed by atoms with Crippen LogP contribution in [0, 0.1) is 5.41 Å². The summed E-state index contributed by atoms with van der Waals surface area (Å²) in [7, 11) is -2.21. The highest BCUT2D eigenvalue weighted by Gasteiger charge is 2.38.